The molecule has 5 heteroatoms. The maximum atomic E-state index is 11.5. The third-order valence-electron chi connectivity index (χ3n) is 2.73. The highest BCUT2D eigenvalue weighted by Crippen LogP contribution is 2.08. The quantitative estimate of drug-likeness (QED) is 0.491. The van der Waals surface area contributed by atoms with Crippen LogP contribution in [0.25, 0.3) is 0 Å². The smallest absolute Gasteiger partial charge is 0.303 e. The van der Waals surface area contributed by atoms with Gasteiger partial charge in [-0.3, -0.25) is 9.59 Å². The Bertz CT molecular complexity index is 432. The number of carboxylic acids is 1. The van der Waals surface area contributed by atoms with Crippen LogP contribution in [0.15, 0.2) is 24.3 Å². The first kappa shape index (κ1) is 15.0. The van der Waals surface area contributed by atoms with Crippen molar-refractivity contribution >= 4 is 17.6 Å². The summed E-state index contributed by atoms with van der Waals surface area (Å²) in [5.74, 6) is -0.814. The third-order valence-corrected chi connectivity index (χ3v) is 2.73. The number of benzene rings is 1. The molecule has 1 amide bonds. The average molecular weight is 264 g/mol. The van der Waals surface area contributed by atoms with Gasteiger partial charge in [0.25, 0.3) is 0 Å². The van der Waals surface area contributed by atoms with Crippen LogP contribution >= 0.6 is 0 Å². The molecule has 0 fully saturated rings. The highest BCUT2D eigenvalue weighted by Gasteiger charge is 2.02. The zero-order valence-electron chi connectivity index (χ0n) is 10.9. The molecule has 0 bridgehead atoms. The predicted octanol–water partition coefficient (Wildman–Crippen LogP) is 1.57. The number of anilines is 1. The molecule has 0 aliphatic rings. The normalized spacial score (nSPS) is 10.1. The van der Waals surface area contributed by atoms with E-state index in [-0.39, 0.29) is 12.3 Å². The van der Waals surface area contributed by atoms with Crippen molar-refractivity contribution in [3.05, 3.63) is 29.8 Å². The van der Waals surface area contributed by atoms with Gasteiger partial charge >= 0.3 is 5.97 Å². The minimum absolute atomic E-state index is 0.0160. The molecule has 1 aromatic rings. The van der Waals surface area contributed by atoms with Gasteiger partial charge in [0.05, 0.1) is 0 Å². The van der Waals surface area contributed by atoms with Crippen molar-refractivity contribution < 1.29 is 14.7 Å². The van der Waals surface area contributed by atoms with Crippen LogP contribution in [0, 0.1) is 0 Å². The maximum Gasteiger partial charge on any atom is 0.303 e. The lowest BCUT2D eigenvalue weighted by Gasteiger charge is -2.05. The molecule has 0 radical (unpaired) electrons. The topological polar surface area (TPSA) is 92.4 Å². The van der Waals surface area contributed by atoms with E-state index in [1.807, 2.05) is 24.3 Å². The molecule has 1 rings (SSSR count). The van der Waals surface area contributed by atoms with Crippen molar-refractivity contribution in [1.82, 2.24) is 5.32 Å². The van der Waals surface area contributed by atoms with Crippen LogP contribution in [0.4, 0.5) is 5.69 Å². The number of unbranched alkanes of at least 4 members (excludes halogenated alkanes) is 1. The summed E-state index contributed by atoms with van der Waals surface area (Å²) in [7, 11) is 0. The molecular formula is C14H20N2O3. The summed E-state index contributed by atoms with van der Waals surface area (Å²) >= 11 is 0. The highest BCUT2D eigenvalue weighted by atomic mass is 16.4. The Hall–Kier alpha value is -2.04. The van der Waals surface area contributed by atoms with E-state index < -0.39 is 5.97 Å². The van der Waals surface area contributed by atoms with Crippen LogP contribution in [-0.4, -0.2) is 23.5 Å². The van der Waals surface area contributed by atoms with Gasteiger partial charge in [0, 0.05) is 25.1 Å². The molecule has 0 aliphatic heterocycles. The van der Waals surface area contributed by atoms with E-state index in [0.29, 0.717) is 37.9 Å². The Kier molecular flexibility index (Phi) is 6.43. The third kappa shape index (κ3) is 7.08. The van der Waals surface area contributed by atoms with Crippen LogP contribution in [0.2, 0.25) is 0 Å². The Morgan fingerprint density at radius 1 is 1.21 bits per heavy atom. The van der Waals surface area contributed by atoms with Crippen LogP contribution in [0.5, 0.6) is 0 Å². The lowest BCUT2D eigenvalue weighted by molar-refractivity contribution is -0.137. The monoisotopic (exact) mass is 264 g/mol. The second-order valence-electron chi connectivity index (χ2n) is 4.45. The summed E-state index contributed by atoms with van der Waals surface area (Å²) in [6.45, 7) is 0.531. The number of carbonyl (C=O) groups excluding carboxylic acids is 1. The second kappa shape index (κ2) is 8.13. The van der Waals surface area contributed by atoms with Crippen molar-refractivity contribution in [3.63, 3.8) is 0 Å². The fraction of sp³-hybridized carbons (Fsp3) is 0.429. The van der Waals surface area contributed by atoms with Gasteiger partial charge in [0.2, 0.25) is 5.91 Å². The van der Waals surface area contributed by atoms with Gasteiger partial charge in [-0.2, -0.15) is 0 Å². The number of aliphatic carboxylic acids is 1. The van der Waals surface area contributed by atoms with E-state index in [1.54, 1.807) is 0 Å². The van der Waals surface area contributed by atoms with Crippen molar-refractivity contribution in [1.29, 1.82) is 0 Å². The second-order valence-corrected chi connectivity index (χ2v) is 4.45. The number of carboxylic acid groups (broad SMARTS) is 1. The molecule has 0 aromatic heterocycles. The molecule has 104 valence electrons. The minimum Gasteiger partial charge on any atom is -0.481 e. The SMILES string of the molecule is Nc1cccc(CCC(=O)NCCCCC(=O)O)c1. The largest absolute Gasteiger partial charge is 0.481 e. The molecule has 0 spiro atoms. The van der Waals surface area contributed by atoms with Crippen LogP contribution in [0.1, 0.15) is 31.2 Å². The number of hydrogen-bond donors (Lipinski definition) is 3. The standard InChI is InChI=1S/C14H20N2O3/c15-12-5-3-4-11(10-12)7-8-13(17)16-9-2-1-6-14(18)19/h3-5,10H,1-2,6-9,15H2,(H,16,17)(H,18,19). The average Bonchev–Trinajstić information content (AvgIpc) is 2.35. The number of aryl methyl sites for hydroxylation is 1. The number of carbonyl (C=O) groups is 2. The zero-order chi connectivity index (χ0) is 14.1. The Morgan fingerprint density at radius 2 is 2.00 bits per heavy atom. The van der Waals surface area contributed by atoms with Gasteiger partial charge in [0.1, 0.15) is 0 Å². The van der Waals surface area contributed by atoms with Crippen LogP contribution < -0.4 is 11.1 Å². The number of rotatable bonds is 8. The number of nitrogens with one attached hydrogen (secondary N) is 1. The first-order valence-electron chi connectivity index (χ1n) is 6.41. The summed E-state index contributed by atoms with van der Waals surface area (Å²) in [5.41, 5.74) is 7.40. The predicted molar refractivity (Wildman–Crippen MR) is 73.7 cm³/mol. The summed E-state index contributed by atoms with van der Waals surface area (Å²) < 4.78 is 0. The fourth-order valence-corrected chi connectivity index (χ4v) is 1.72. The minimum atomic E-state index is -0.798. The molecule has 4 N–H and O–H groups in total. The first-order chi connectivity index (χ1) is 9.08. The van der Waals surface area contributed by atoms with Gasteiger partial charge < -0.3 is 16.2 Å². The Labute approximate surface area is 112 Å². The molecule has 5 nitrogen and oxygen atoms in total. The van der Waals surface area contributed by atoms with Crippen molar-refractivity contribution in [2.45, 2.75) is 32.1 Å². The van der Waals surface area contributed by atoms with E-state index in [1.165, 1.54) is 0 Å². The number of nitrogens with two attached hydrogens (primary N) is 1. The molecule has 0 aliphatic carbocycles. The van der Waals surface area contributed by atoms with Gasteiger partial charge in [-0.1, -0.05) is 12.1 Å². The molecule has 0 atom stereocenters. The lowest BCUT2D eigenvalue weighted by Crippen LogP contribution is -2.24. The van der Waals surface area contributed by atoms with Crippen molar-refractivity contribution in [2.75, 3.05) is 12.3 Å². The Morgan fingerprint density at radius 3 is 2.68 bits per heavy atom. The zero-order valence-corrected chi connectivity index (χ0v) is 10.9. The fourth-order valence-electron chi connectivity index (χ4n) is 1.72. The Balaban J connectivity index is 2.13. The van der Waals surface area contributed by atoms with Gasteiger partial charge in [-0.25, -0.2) is 0 Å². The van der Waals surface area contributed by atoms with Crippen molar-refractivity contribution in [2.24, 2.45) is 0 Å². The number of amides is 1. The van der Waals surface area contributed by atoms with E-state index in [0.717, 1.165) is 5.56 Å². The summed E-state index contributed by atoms with van der Waals surface area (Å²) in [6.07, 6.45) is 2.51. The molecule has 1 aromatic carbocycles. The highest BCUT2D eigenvalue weighted by molar-refractivity contribution is 5.76. The van der Waals surface area contributed by atoms with E-state index in [2.05, 4.69) is 5.32 Å². The van der Waals surface area contributed by atoms with Gasteiger partial charge in [-0.05, 0) is 37.0 Å². The van der Waals surface area contributed by atoms with Gasteiger partial charge in [-0.15, -0.1) is 0 Å². The number of nitrogen functional groups attached to an aromatic ring is 1. The van der Waals surface area contributed by atoms with E-state index >= 15 is 0 Å². The van der Waals surface area contributed by atoms with Crippen LogP contribution in [-0.2, 0) is 16.0 Å². The van der Waals surface area contributed by atoms with Crippen LogP contribution in [0.3, 0.4) is 0 Å². The summed E-state index contributed by atoms with van der Waals surface area (Å²) in [6, 6.07) is 7.48. The van der Waals surface area contributed by atoms with Crippen molar-refractivity contribution in [3.8, 4) is 0 Å². The van der Waals surface area contributed by atoms with Gasteiger partial charge in [0.15, 0.2) is 0 Å². The maximum absolute atomic E-state index is 11.5. The first-order valence-corrected chi connectivity index (χ1v) is 6.41. The summed E-state index contributed by atoms with van der Waals surface area (Å²) in [5, 5.41) is 11.2. The molecule has 0 unspecified atom stereocenters. The summed E-state index contributed by atoms with van der Waals surface area (Å²) in [4.78, 5) is 21.8. The molecular weight excluding hydrogens is 244 g/mol. The molecule has 0 saturated heterocycles. The number of hydrogen-bond acceptors (Lipinski definition) is 3. The molecule has 0 saturated carbocycles. The molecule has 0 heterocycles. The lowest BCUT2D eigenvalue weighted by atomic mass is 10.1. The van der Waals surface area contributed by atoms with E-state index in [9.17, 15) is 9.59 Å². The van der Waals surface area contributed by atoms with E-state index in [4.69, 9.17) is 10.8 Å². The molecule has 19 heavy (non-hydrogen) atoms.